The fourth-order valence-corrected chi connectivity index (χ4v) is 5.67. The molecule has 198 valence electrons. The highest BCUT2D eigenvalue weighted by Crippen LogP contribution is 2.32. The van der Waals surface area contributed by atoms with Crippen LogP contribution in [0.2, 0.25) is 0 Å². The van der Waals surface area contributed by atoms with E-state index in [1.54, 1.807) is 6.33 Å². The number of nitrogens with zero attached hydrogens (tertiary/aromatic N) is 8. The molecule has 0 unspecified atom stereocenters. The summed E-state index contributed by atoms with van der Waals surface area (Å²) in [6, 6.07) is 15.6. The number of hydrogen-bond acceptors (Lipinski definition) is 9. The molecule has 38 heavy (non-hydrogen) atoms. The Morgan fingerprint density at radius 2 is 1.61 bits per heavy atom. The molecular weight excluding hydrogens is 476 g/mol. The largest absolute Gasteiger partial charge is 0.378 e. The Morgan fingerprint density at radius 1 is 0.842 bits per heavy atom. The molecule has 0 saturated carbocycles. The van der Waals surface area contributed by atoms with Crippen LogP contribution in [0.25, 0.3) is 21.8 Å². The molecule has 2 saturated heterocycles. The maximum Gasteiger partial charge on any atom is 0.228 e. The zero-order valence-corrected chi connectivity index (χ0v) is 22.5. The molecule has 2 fully saturated rings. The molecule has 6 rings (SSSR count). The molecule has 9 heteroatoms. The van der Waals surface area contributed by atoms with E-state index in [0.717, 1.165) is 67.6 Å². The smallest absolute Gasteiger partial charge is 0.228 e. The highest BCUT2D eigenvalue weighted by Gasteiger charge is 2.26. The van der Waals surface area contributed by atoms with Gasteiger partial charge >= 0.3 is 0 Å². The monoisotopic (exact) mass is 512 g/mol. The average Bonchev–Trinajstić information content (AvgIpc) is 2.97. The Morgan fingerprint density at radius 3 is 2.39 bits per heavy atom. The summed E-state index contributed by atoms with van der Waals surface area (Å²) in [6.07, 6.45) is 3.84. The number of fused-ring (bicyclic) bond motifs is 2. The summed E-state index contributed by atoms with van der Waals surface area (Å²) >= 11 is 0. The summed E-state index contributed by atoms with van der Waals surface area (Å²) in [6.45, 7) is 5.55. The molecule has 4 aromatic rings. The predicted molar refractivity (Wildman–Crippen MR) is 153 cm³/mol. The molecule has 0 N–H and O–H groups in total. The van der Waals surface area contributed by atoms with Crippen LogP contribution < -0.4 is 14.7 Å². The van der Waals surface area contributed by atoms with Crippen molar-refractivity contribution in [3.05, 3.63) is 54.4 Å². The quantitative estimate of drug-likeness (QED) is 0.385. The van der Waals surface area contributed by atoms with Gasteiger partial charge in [-0.1, -0.05) is 42.5 Å². The SMILES string of the molecule is CN(Cc1cccc2ccccc12)c1ncnc2c(N3CCOCC3)nc(N3CCC(N(C)C)CC3)nc12. The first kappa shape index (κ1) is 24.8. The highest BCUT2D eigenvalue weighted by molar-refractivity contribution is 5.94. The van der Waals surface area contributed by atoms with Crippen LogP contribution in [0.3, 0.4) is 0 Å². The van der Waals surface area contributed by atoms with E-state index in [-0.39, 0.29) is 0 Å². The lowest BCUT2D eigenvalue weighted by atomic mass is 10.0. The minimum atomic E-state index is 0.594. The van der Waals surface area contributed by atoms with Crippen molar-refractivity contribution in [2.45, 2.75) is 25.4 Å². The minimum Gasteiger partial charge on any atom is -0.378 e. The second-order valence-electron chi connectivity index (χ2n) is 10.5. The summed E-state index contributed by atoms with van der Waals surface area (Å²) < 4.78 is 5.64. The summed E-state index contributed by atoms with van der Waals surface area (Å²) in [4.78, 5) is 28.8. The molecule has 9 nitrogen and oxygen atoms in total. The number of piperidine rings is 1. The van der Waals surface area contributed by atoms with Crippen LogP contribution >= 0.6 is 0 Å². The fourth-order valence-electron chi connectivity index (χ4n) is 5.67. The standard InChI is InChI=1S/C29H36N8O/c1-34(2)23-11-13-37(14-12-23)29-32-26-25(28(33-29)36-15-17-38-18-16-36)30-20-31-27(26)35(3)19-22-9-6-8-21-7-4-5-10-24(21)22/h4-10,20,23H,11-19H2,1-3H3. The van der Waals surface area contributed by atoms with Gasteiger partial charge in [-0.15, -0.1) is 0 Å². The van der Waals surface area contributed by atoms with Crippen LogP contribution in [-0.4, -0.2) is 91.4 Å². The Bertz CT molecular complexity index is 1410. The maximum atomic E-state index is 5.64. The number of aromatic nitrogens is 4. The average molecular weight is 513 g/mol. The molecule has 2 aliphatic rings. The van der Waals surface area contributed by atoms with Crippen LogP contribution in [0.4, 0.5) is 17.6 Å². The molecule has 0 spiro atoms. The molecule has 2 aromatic carbocycles. The van der Waals surface area contributed by atoms with Crippen LogP contribution in [0.5, 0.6) is 0 Å². The molecule has 2 aliphatic heterocycles. The van der Waals surface area contributed by atoms with E-state index in [1.165, 1.54) is 16.3 Å². The Labute approximate surface area is 224 Å². The van der Waals surface area contributed by atoms with Crippen molar-refractivity contribution in [3.8, 4) is 0 Å². The second kappa shape index (κ2) is 10.7. The zero-order chi connectivity index (χ0) is 26.1. The number of anilines is 3. The van der Waals surface area contributed by atoms with E-state index in [0.29, 0.717) is 25.8 Å². The lowest BCUT2D eigenvalue weighted by Crippen LogP contribution is -2.43. The van der Waals surface area contributed by atoms with Crippen LogP contribution in [0.1, 0.15) is 18.4 Å². The molecule has 0 amide bonds. The van der Waals surface area contributed by atoms with Gasteiger partial charge in [-0.25, -0.2) is 15.0 Å². The van der Waals surface area contributed by atoms with Gasteiger partial charge in [0.05, 0.1) is 13.2 Å². The molecular formula is C29H36N8O. The molecule has 0 bridgehead atoms. The summed E-state index contributed by atoms with van der Waals surface area (Å²) in [7, 11) is 6.42. The van der Waals surface area contributed by atoms with Crippen molar-refractivity contribution in [1.82, 2.24) is 24.8 Å². The molecule has 0 aliphatic carbocycles. The van der Waals surface area contributed by atoms with Gasteiger partial charge in [0.2, 0.25) is 5.95 Å². The number of benzene rings is 2. The third kappa shape index (κ3) is 4.83. The molecule has 0 radical (unpaired) electrons. The normalized spacial score (nSPS) is 17.1. The minimum absolute atomic E-state index is 0.594. The molecule has 2 aromatic heterocycles. The van der Waals surface area contributed by atoms with Gasteiger partial charge in [-0.05, 0) is 43.3 Å². The lowest BCUT2D eigenvalue weighted by Gasteiger charge is -2.36. The van der Waals surface area contributed by atoms with Gasteiger partial charge in [0.1, 0.15) is 17.4 Å². The first-order valence-corrected chi connectivity index (χ1v) is 13.5. The first-order valence-electron chi connectivity index (χ1n) is 13.5. The topological polar surface area (TPSA) is 73.8 Å². The Balaban J connectivity index is 1.40. The van der Waals surface area contributed by atoms with Crippen molar-refractivity contribution in [3.63, 3.8) is 0 Å². The van der Waals surface area contributed by atoms with E-state index in [2.05, 4.69) is 83.2 Å². The summed E-state index contributed by atoms with van der Waals surface area (Å²) in [5.74, 6) is 2.47. The van der Waals surface area contributed by atoms with E-state index in [1.807, 2.05) is 0 Å². The third-order valence-corrected chi connectivity index (χ3v) is 7.87. The van der Waals surface area contributed by atoms with Crippen molar-refractivity contribution in [2.24, 2.45) is 0 Å². The van der Waals surface area contributed by atoms with E-state index in [9.17, 15) is 0 Å². The van der Waals surface area contributed by atoms with Crippen LogP contribution in [0, 0.1) is 0 Å². The van der Waals surface area contributed by atoms with E-state index in [4.69, 9.17) is 24.7 Å². The van der Waals surface area contributed by atoms with E-state index < -0.39 is 0 Å². The maximum absolute atomic E-state index is 5.64. The van der Waals surface area contributed by atoms with Gasteiger partial charge in [0, 0.05) is 45.8 Å². The van der Waals surface area contributed by atoms with Gasteiger partial charge in [0.25, 0.3) is 0 Å². The van der Waals surface area contributed by atoms with Crippen molar-refractivity contribution >= 4 is 39.4 Å². The Hall–Kier alpha value is -3.56. The van der Waals surface area contributed by atoms with Gasteiger partial charge < -0.3 is 24.3 Å². The van der Waals surface area contributed by atoms with Crippen LogP contribution in [-0.2, 0) is 11.3 Å². The Kier molecular flexibility index (Phi) is 6.95. The highest BCUT2D eigenvalue weighted by atomic mass is 16.5. The van der Waals surface area contributed by atoms with Gasteiger partial charge in [0.15, 0.2) is 11.6 Å². The predicted octanol–water partition coefficient (Wildman–Crippen LogP) is 3.58. The van der Waals surface area contributed by atoms with Crippen molar-refractivity contribution in [2.75, 3.05) is 75.2 Å². The van der Waals surface area contributed by atoms with Gasteiger partial charge in [-0.2, -0.15) is 4.98 Å². The van der Waals surface area contributed by atoms with E-state index >= 15 is 0 Å². The molecule has 0 atom stereocenters. The number of hydrogen-bond donors (Lipinski definition) is 0. The fraction of sp³-hybridized carbons (Fsp3) is 0.448. The number of morpholine rings is 1. The summed E-state index contributed by atoms with van der Waals surface area (Å²) in [5.41, 5.74) is 2.86. The van der Waals surface area contributed by atoms with Crippen LogP contribution in [0.15, 0.2) is 48.8 Å². The van der Waals surface area contributed by atoms with Crippen molar-refractivity contribution in [1.29, 1.82) is 0 Å². The second-order valence-corrected chi connectivity index (χ2v) is 10.5. The zero-order valence-electron chi connectivity index (χ0n) is 22.5. The third-order valence-electron chi connectivity index (χ3n) is 7.87. The summed E-state index contributed by atoms with van der Waals surface area (Å²) in [5, 5.41) is 2.50. The number of rotatable bonds is 6. The number of ether oxygens (including phenoxy) is 1. The van der Waals surface area contributed by atoms with Crippen molar-refractivity contribution < 1.29 is 4.74 Å². The first-order chi connectivity index (χ1) is 18.6. The van der Waals surface area contributed by atoms with Gasteiger partial charge in [-0.3, -0.25) is 0 Å². The molecule has 4 heterocycles. The lowest BCUT2D eigenvalue weighted by molar-refractivity contribution is 0.122.